The standard InChI is InChI=1S/C14H11BrCl2N2O/c1-7-2-9(15)6-10(3-7)19-14(20)8-4-11(16)13(18)12(17)5-8/h2-6H,18H2,1H3,(H,19,20). The maximum atomic E-state index is 12.2. The zero-order chi connectivity index (χ0) is 14.9. The molecule has 0 aliphatic rings. The predicted molar refractivity (Wildman–Crippen MR) is 87.7 cm³/mol. The van der Waals surface area contributed by atoms with Crippen LogP contribution in [0.3, 0.4) is 0 Å². The molecule has 2 aromatic carbocycles. The summed E-state index contributed by atoms with van der Waals surface area (Å²) in [6.45, 7) is 1.94. The van der Waals surface area contributed by atoms with Crippen molar-refractivity contribution in [1.82, 2.24) is 0 Å². The molecular weight excluding hydrogens is 363 g/mol. The lowest BCUT2D eigenvalue weighted by atomic mass is 10.1. The second-order valence-electron chi connectivity index (χ2n) is 4.32. The number of anilines is 2. The van der Waals surface area contributed by atoms with Gasteiger partial charge < -0.3 is 11.1 Å². The minimum Gasteiger partial charge on any atom is -0.396 e. The van der Waals surface area contributed by atoms with E-state index in [2.05, 4.69) is 21.2 Å². The van der Waals surface area contributed by atoms with E-state index < -0.39 is 0 Å². The van der Waals surface area contributed by atoms with Gasteiger partial charge in [-0.3, -0.25) is 4.79 Å². The number of nitrogens with two attached hydrogens (primary N) is 1. The van der Waals surface area contributed by atoms with Crippen LogP contribution >= 0.6 is 39.1 Å². The minimum absolute atomic E-state index is 0.257. The number of rotatable bonds is 2. The van der Waals surface area contributed by atoms with Gasteiger partial charge in [-0.2, -0.15) is 0 Å². The van der Waals surface area contributed by atoms with Crippen molar-refractivity contribution in [2.24, 2.45) is 0 Å². The summed E-state index contributed by atoms with van der Waals surface area (Å²) in [5.41, 5.74) is 7.98. The van der Waals surface area contributed by atoms with Crippen molar-refractivity contribution in [2.45, 2.75) is 6.92 Å². The molecule has 0 atom stereocenters. The molecule has 2 rings (SSSR count). The minimum atomic E-state index is -0.300. The first kappa shape index (κ1) is 15.2. The van der Waals surface area contributed by atoms with Gasteiger partial charge in [-0.15, -0.1) is 0 Å². The van der Waals surface area contributed by atoms with Gasteiger partial charge in [-0.1, -0.05) is 39.1 Å². The Hall–Kier alpha value is -1.23. The molecule has 3 N–H and O–H groups in total. The highest BCUT2D eigenvalue weighted by Crippen LogP contribution is 2.29. The number of nitrogens with one attached hydrogen (secondary N) is 1. The van der Waals surface area contributed by atoms with Gasteiger partial charge in [0.2, 0.25) is 0 Å². The van der Waals surface area contributed by atoms with E-state index in [0.717, 1.165) is 10.0 Å². The summed E-state index contributed by atoms with van der Waals surface area (Å²) in [6.07, 6.45) is 0. The molecule has 0 saturated heterocycles. The van der Waals surface area contributed by atoms with Crippen molar-refractivity contribution in [3.63, 3.8) is 0 Å². The Balaban J connectivity index is 2.28. The van der Waals surface area contributed by atoms with Crippen molar-refractivity contribution in [3.8, 4) is 0 Å². The Bertz CT molecular complexity index is 646. The Morgan fingerprint density at radius 2 is 1.75 bits per heavy atom. The molecular formula is C14H11BrCl2N2O. The molecule has 2 aromatic rings. The number of hydrogen-bond acceptors (Lipinski definition) is 2. The SMILES string of the molecule is Cc1cc(Br)cc(NC(=O)c2cc(Cl)c(N)c(Cl)c2)c1. The molecule has 0 unspecified atom stereocenters. The Kier molecular flexibility index (Phi) is 4.58. The van der Waals surface area contributed by atoms with Crippen molar-refractivity contribution in [3.05, 3.63) is 56.0 Å². The van der Waals surface area contributed by atoms with Crippen LogP contribution in [0.5, 0.6) is 0 Å². The summed E-state index contributed by atoms with van der Waals surface area (Å²) in [5, 5.41) is 3.30. The number of nitrogen functional groups attached to an aromatic ring is 1. The van der Waals surface area contributed by atoms with E-state index in [1.54, 1.807) is 0 Å². The summed E-state index contributed by atoms with van der Waals surface area (Å²) in [4.78, 5) is 12.2. The molecule has 0 aliphatic heterocycles. The molecule has 20 heavy (non-hydrogen) atoms. The van der Waals surface area contributed by atoms with E-state index in [9.17, 15) is 4.79 Å². The number of hydrogen-bond donors (Lipinski definition) is 2. The van der Waals surface area contributed by atoms with Crippen LogP contribution in [0.2, 0.25) is 10.0 Å². The molecule has 0 saturated carbocycles. The van der Waals surface area contributed by atoms with Crippen LogP contribution in [-0.2, 0) is 0 Å². The quantitative estimate of drug-likeness (QED) is 0.735. The number of carbonyl (C=O) groups excluding carboxylic acids is 1. The third-order valence-corrected chi connectivity index (χ3v) is 3.72. The normalized spacial score (nSPS) is 10.4. The fraction of sp³-hybridized carbons (Fsp3) is 0.0714. The summed E-state index contributed by atoms with van der Waals surface area (Å²) >= 11 is 15.2. The van der Waals surface area contributed by atoms with Crippen LogP contribution in [-0.4, -0.2) is 5.91 Å². The average Bonchev–Trinajstić information content (AvgIpc) is 2.33. The third kappa shape index (κ3) is 3.45. The average molecular weight is 374 g/mol. The first-order valence-electron chi connectivity index (χ1n) is 5.70. The van der Waals surface area contributed by atoms with Crippen molar-refractivity contribution in [2.75, 3.05) is 11.1 Å². The lowest BCUT2D eigenvalue weighted by Gasteiger charge is -2.09. The van der Waals surface area contributed by atoms with Crippen LogP contribution in [0.15, 0.2) is 34.8 Å². The van der Waals surface area contributed by atoms with Crippen LogP contribution in [0, 0.1) is 6.92 Å². The number of benzene rings is 2. The smallest absolute Gasteiger partial charge is 0.255 e. The van der Waals surface area contributed by atoms with Gasteiger partial charge in [-0.05, 0) is 42.8 Å². The number of carbonyl (C=O) groups is 1. The van der Waals surface area contributed by atoms with Crippen LogP contribution in [0.1, 0.15) is 15.9 Å². The molecule has 6 heteroatoms. The Labute approximate surface area is 135 Å². The van der Waals surface area contributed by atoms with E-state index in [1.807, 2.05) is 25.1 Å². The van der Waals surface area contributed by atoms with E-state index >= 15 is 0 Å². The van der Waals surface area contributed by atoms with Crippen LogP contribution < -0.4 is 11.1 Å². The monoisotopic (exact) mass is 372 g/mol. The van der Waals surface area contributed by atoms with Crippen molar-refractivity contribution >= 4 is 56.4 Å². The molecule has 3 nitrogen and oxygen atoms in total. The summed E-state index contributed by atoms with van der Waals surface area (Å²) in [6, 6.07) is 8.60. The van der Waals surface area contributed by atoms with Crippen LogP contribution in [0.4, 0.5) is 11.4 Å². The molecule has 1 amide bonds. The number of aryl methyl sites for hydroxylation is 1. The molecule has 0 bridgehead atoms. The topological polar surface area (TPSA) is 55.1 Å². The Morgan fingerprint density at radius 1 is 1.15 bits per heavy atom. The number of halogens is 3. The van der Waals surface area contributed by atoms with E-state index in [-0.39, 0.29) is 21.6 Å². The summed E-state index contributed by atoms with van der Waals surface area (Å²) in [5.74, 6) is -0.300. The Morgan fingerprint density at radius 3 is 2.30 bits per heavy atom. The second-order valence-corrected chi connectivity index (χ2v) is 6.06. The van der Waals surface area contributed by atoms with E-state index in [0.29, 0.717) is 11.3 Å². The van der Waals surface area contributed by atoms with Gasteiger partial charge in [0.05, 0.1) is 15.7 Å². The van der Waals surface area contributed by atoms with Gasteiger partial charge in [-0.25, -0.2) is 0 Å². The highest BCUT2D eigenvalue weighted by molar-refractivity contribution is 9.10. The number of amides is 1. The summed E-state index contributed by atoms with van der Waals surface area (Å²) < 4.78 is 0.890. The lowest BCUT2D eigenvalue weighted by molar-refractivity contribution is 0.102. The fourth-order valence-electron chi connectivity index (χ4n) is 1.73. The first-order chi connectivity index (χ1) is 9.36. The summed E-state index contributed by atoms with van der Waals surface area (Å²) in [7, 11) is 0. The van der Waals surface area contributed by atoms with Gasteiger partial charge in [0.25, 0.3) is 5.91 Å². The van der Waals surface area contributed by atoms with Gasteiger partial charge in [0.15, 0.2) is 0 Å². The molecule has 104 valence electrons. The van der Waals surface area contributed by atoms with Gasteiger partial charge in [0, 0.05) is 15.7 Å². The molecule has 0 fully saturated rings. The molecule has 0 spiro atoms. The molecule has 0 radical (unpaired) electrons. The second kappa shape index (κ2) is 6.04. The predicted octanol–water partition coefficient (Wildman–Crippen LogP) is 4.90. The maximum absolute atomic E-state index is 12.2. The first-order valence-corrected chi connectivity index (χ1v) is 7.25. The van der Waals surface area contributed by atoms with E-state index in [4.69, 9.17) is 28.9 Å². The van der Waals surface area contributed by atoms with Gasteiger partial charge >= 0.3 is 0 Å². The van der Waals surface area contributed by atoms with Gasteiger partial charge in [0.1, 0.15) is 0 Å². The maximum Gasteiger partial charge on any atom is 0.255 e. The zero-order valence-corrected chi connectivity index (χ0v) is 13.6. The highest BCUT2D eigenvalue weighted by Gasteiger charge is 2.12. The largest absolute Gasteiger partial charge is 0.396 e. The highest BCUT2D eigenvalue weighted by atomic mass is 79.9. The fourth-order valence-corrected chi connectivity index (χ4v) is 2.82. The van der Waals surface area contributed by atoms with Crippen molar-refractivity contribution in [1.29, 1.82) is 0 Å². The molecule has 0 aromatic heterocycles. The third-order valence-electron chi connectivity index (χ3n) is 2.64. The molecule has 0 heterocycles. The lowest BCUT2D eigenvalue weighted by Crippen LogP contribution is -2.12. The van der Waals surface area contributed by atoms with E-state index in [1.165, 1.54) is 12.1 Å². The molecule has 0 aliphatic carbocycles. The zero-order valence-electron chi connectivity index (χ0n) is 10.5. The van der Waals surface area contributed by atoms with Crippen molar-refractivity contribution < 1.29 is 4.79 Å². The van der Waals surface area contributed by atoms with Crippen LogP contribution in [0.25, 0.3) is 0 Å².